The molecule has 3 fully saturated rings. The van der Waals surface area contributed by atoms with E-state index in [0.29, 0.717) is 31.2 Å². The predicted octanol–water partition coefficient (Wildman–Crippen LogP) is 5.17. The van der Waals surface area contributed by atoms with Crippen molar-refractivity contribution in [3.8, 4) is 5.75 Å². The van der Waals surface area contributed by atoms with E-state index in [9.17, 15) is 9.90 Å². The third-order valence-electron chi connectivity index (χ3n) is 8.51. The van der Waals surface area contributed by atoms with Crippen molar-refractivity contribution in [2.45, 2.75) is 82.6 Å². The molecule has 0 saturated heterocycles. The number of phenols is 1. The van der Waals surface area contributed by atoms with E-state index in [1.165, 1.54) is 11.1 Å². The molecule has 2 N–H and O–H groups in total. The fourth-order valence-electron chi connectivity index (χ4n) is 6.93. The van der Waals surface area contributed by atoms with Gasteiger partial charge in [0.2, 0.25) is 5.91 Å². The van der Waals surface area contributed by atoms with Crippen molar-refractivity contribution in [2.24, 2.45) is 23.2 Å². The number of rotatable bonds is 4. The van der Waals surface area contributed by atoms with E-state index in [0.717, 1.165) is 32.1 Å². The maximum atomic E-state index is 15.2. The number of aromatic hydroxyl groups is 1. The van der Waals surface area contributed by atoms with Crippen LogP contribution in [0.1, 0.15) is 75.3 Å². The Hall–Kier alpha value is -1.65. The van der Waals surface area contributed by atoms with Crippen LogP contribution in [-0.4, -0.2) is 23.0 Å². The van der Waals surface area contributed by atoms with E-state index < -0.39 is 11.3 Å². The number of amides is 1. The number of nitrogens with one attached hydrogen (secondary N) is 1. The Labute approximate surface area is 171 Å². The molecule has 5 atom stereocenters. The summed E-state index contributed by atoms with van der Waals surface area (Å²) >= 11 is 0. The molecule has 29 heavy (non-hydrogen) atoms. The summed E-state index contributed by atoms with van der Waals surface area (Å²) in [5.41, 5.74) is 1.47. The van der Waals surface area contributed by atoms with E-state index in [1.807, 2.05) is 19.1 Å². The first kappa shape index (κ1) is 19.3. The van der Waals surface area contributed by atoms with Crippen LogP contribution < -0.4 is 5.32 Å². The molecule has 4 aliphatic rings. The lowest BCUT2D eigenvalue weighted by Gasteiger charge is -2.51. The van der Waals surface area contributed by atoms with Crippen LogP contribution in [0.25, 0.3) is 0 Å². The fourth-order valence-corrected chi connectivity index (χ4v) is 6.93. The Kier molecular flexibility index (Phi) is 4.45. The topological polar surface area (TPSA) is 49.3 Å². The summed E-state index contributed by atoms with van der Waals surface area (Å²) in [4.78, 5) is 12.2. The average Bonchev–Trinajstić information content (AvgIpc) is 3.45. The maximum Gasteiger partial charge on any atom is 0.253 e. The Morgan fingerprint density at radius 2 is 2.03 bits per heavy atom. The summed E-state index contributed by atoms with van der Waals surface area (Å²) in [6.07, 6.45) is 6.04. The third-order valence-corrected chi connectivity index (χ3v) is 8.51. The molecule has 1 aromatic rings. The van der Waals surface area contributed by atoms with E-state index in [2.05, 4.69) is 5.32 Å². The third kappa shape index (κ3) is 3.16. The number of halogens is 2. The molecule has 5 heteroatoms. The molecule has 1 aromatic carbocycles. The van der Waals surface area contributed by atoms with Crippen molar-refractivity contribution < 1.29 is 18.7 Å². The van der Waals surface area contributed by atoms with Gasteiger partial charge in [0.05, 0.1) is 0 Å². The van der Waals surface area contributed by atoms with Crippen LogP contribution in [0.3, 0.4) is 0 Å². The molecular formula is C24H31F2NO2. The molecule has 4 unspecified atom stereocenters. The van der Waals surface area contributed by atoms with Gasteiger partial charge in [0.15, 0.2) is 0 Å². The minimum absolute atomic E-state index is 0.0289. The Balaban J connectivity index is 1.40. The van der Waals surface area contributed by atoms with E-state index in [-0.39, 0.29) is 35.8 Å². The molecule has 4 aliphatic carbocycles. The normalized spacial score (nSPS) is 37.3. The van der Waals surface area contributed by atoms with Gasteiger partial charge in [-0.3, -0.25) is 4.79 Å². The van der Waals surface area contributed by atoms with Gasteiger partial charge in [-0.25, -0.2) is 8.78 Å². The van der Waals surface area contributed by atoms with Crippen LogP contribution in [0.15, 0.2) is 18.2 Å². The summed E-state index contributed by atoms with van der Waals surface area (Å²) in [7, 11) is 0. The van der Waals surface area contributed by atoms with Crippen molar-refractivity contribution >= 4 is 5.91 Å². The fraction of sp³-hybridized carbons (Fsp3) is 0.708. The Morgan fingerprint density at radius 1 is 1.24 bits per heavy atom. The monoisotopic (exact) mass is 403 g/mol. The smallest absolute Gasteiger partial charge is 0.253 e. The minimum Gasteiger partial charge on any atom is -0.508 e. The molecule has 0 heterocycles. The summed E-state index contributed by atoms with van der Waals surface area (Å²) in [5.74, 6) is -1.92. The first-order chi connectivity index (χ1) is 13.8. The lowest BCUT2D eigenvalue weighted by Crippen LogP contribution is -2.47. The van der Waals surface area contributed by atoms with Gasteiger partial charge in [0.1, 0.15) is 5.75 Å². The number of phenolic OH excluding ortho intramolecular Hbond substituents is 1. The summed E-state index contributed by atoms with van der Waals surface area (Å²) < 4.78 is 30.5. The average molecular weight is 404 g/mol. The number of hydrogen-bond donors (Lipinski definition) is 2. The van der Waals surface area contributed by atoms with Crippen LogP contribution in [-0.2, 0) is 11.2 Å². The first-order valence-electron chi connectivity index (χ1n) is 11.3. The quantitative estimate of drug-likeness (QED) is 0.729. The lowest BCUT2D eigenvalue weighted by molar-refractivity contribution is -0.133. The maximum absolute atomic E-state index is 15.2. The second-order valence-electron chi connectivity index (χ2n) is 10.2. The Bertz CT molecular complexity index is 821. The molecule has 0 radical (unpaired) electrons. The second-order valence-corrected chi connectivity index (χ2v) is 10.2. The van der Waals surface area contributed by atoms with Crippen LogP contribution in [0.5, 0.6) is 5.75 Å². The molecule has 0 bridgehead atoms. The number of hydrogen-bond acceptors (Lipinski definition) is 2. The lowest BCUT2D eigenvalue weighted by atomic mass is 9.53. The standard InChI is InChI=1S/C24H31F2NO2/c1-23-11-10-19-18-8-6-17(28)12-14(18)2-7-20(19)22(23)15(13-24(23,25)26)3-9-21(29)27-16-4-5-16/h6,8,12,15-16,19-20,22,28H,2-5,7,9-11,13H2,1H3,(H,27,29)/t15?,19?,20?,22?,23-/m0/s1. The Morgan fingerprint density at radius 3 is 2.79 bits per heavy atom. The highest BCUT2D eigenvalue weighted by Crippen LogP contribution is 2.68. The van der Waals surface area contributed by atoms with Gasteiger partial charge >= 0.3 is 0 Å². The number of aryl methyl sites for hydroxylation is 1. The largest absolute Gasteiger partial charge is 0.508 e. The number of alkyl halides is 2. The predicted molar refractivity (Wildman–Crippen MR) is 107 cm³/mol. The molecule has 3 nitrogen and oxygen atoms in total. The van der Waals surface area contributed by atoms with Crippen molar-refractivity contribution in [2.75, 3.05) is 0 Å². The van der Waals surface area contributed by atoms with Crippen LogP contribution >= 0.6 is 0 Å². The van der Waals surface area contributed by atoms with Gasteiger partial charge in [-0.2, -0.15) is 0 Å². The molecular weight excluding hydrogens is 372 g/mol. The summed E-state index contributed by atoms with van der Waals surface area (Å²) in [5, 5.41) is 12.8. The molecule has 158 valence electrons. The highest BCUT2D eigenvalue weighted by molar-refractivity contribution is 5.76. The first-order valence-corrected chi connectivity index (χ1v) is 11.3. The van der Waals surface area contributed by atoms with Gasteiger partial charge < -0.3 is 10.4 Å². The van der Waals surface area contributed by atoms with Crippen LogP contribution in [0.4, 0.5) is 8.78 Å². The number of fused-ring (bicyclic) bond motifs is 5. The molecule has 1 amide bonds. The van der Waals surface area contributed by atoms with E-state index in [4.69, 9.17) is 0 Å². The van der Waals surface area contributed by atoms with Crippen molar-refractivity contribution in [3.05, 3.63) is 29.3 Å². The molecule has 0 aromatic heterocycles. The van der Waals surface area contributed by atoms with E-state index in [1.54, 1.807) is 6.07 Å². The zero-order valence-corrected chi connectivity index (χ0v) is 17.1. The van der Waals surface area contributed by atoms with Gasteiger partial charge in [0.25, 0.3) is 5.92 Å². The summed E-state index contributed by atoms with van der Waals surface area (Å²) in [6, 6.07) is 5.92. The molecule has 0 aliphatic heterocycles. The number of carbonyl (C=O) groups is 1. The minimum atomic E-state index is -2.66. The number of benzene rings is 1. The zero-order valence-electron chi connectivity index (χ0n) is 17.1. The van der Waals surface area contributed by atoms with Crippen LogP contribution in [0.2, 0.25) is 0 Å². The van der Waals surface area contributed by atoms with Crippen molar-refractivity contribution in [1.82, 2.24) is 5.32 Å². The van der Waals surface area contributed by atoms with Gasteiger partial charge in [0, 0.05) is 24.3 Å². The zero-order chi connectivity index (χ0) is 20.4. The summed E-state index contributed by atoms with van der Waals surface area (Å²) in [6.45, 7) is 1.81. The highest BCUT2D eigenvalue weighted by Gasteiger charge is 2.67. The van der Waals surface area contributed by atoms with Crippen molar-refractivity contribution in [3.63, 3.8) is 0 Å². The molecule has 5 rings (SSSR count). The molecule has 3 saturated carbocycles. The second kappa shape index (κ2) is 6.68. The SMILES string of the molecule is C[C@]12CCC3c4ccc(O)cc4CCC3C1C(CCC(=O)NC1CC1)CC2(F)F. The highest BCUT2D eigenvalue weighted by atomic mass is 19.3. The van der Waals surface area contributed by atoms with Gasteiger partial charge in [-0.1, -0.05) is 13.0 Å². The van der Waals surface area contributed by atoms with Gasteiger partial charge in [-0.15, -0.1) is 0 Å². The van der Waals surface area contributed by atoms with Crippen LogP contribution in [0, 0.1) is 23.2 Å². The molecule has 0 spiro atoms. The van der Waals surface area contributed by atoms with E-state index >= 15 is 8.78 Å². The number of carbonyl (C=O) groups excluding carboxylic acids is 1. The van der Waals surface area contributed by atoms with Crippen molar-refractivity contribution in [1.29, 1.82) is 0 Å². The van der Waals surface area contributed by atoms with Gasteiger partial charge in [-0.05, 0) is 91.9 Å².